The van der Waals surface area contributed by atoms with Crippen molar-refractivity contribution < 1.29 is 4.79 Å². The van der Waals surface area contributed by atoms with Crippen molar-refractivity contribution in [2.24, 2.45) is 5.73 Å². The van der Waals surface area contributed by atoms with Gasteiger partial charge in [-0.3, -0.25) is 4.79 Å². The minimum absolute atomic E-state index is 0.411. The molecule has 1 aliphatic rings. The van der Waals surface area contributed by atoms with Gasteiger partial charge >= 0.3 is 0 Å². The number of nitriles is 1. The lowest BCUT2D eigenvalue weighted by Gasteiger charge is -2.37. The van der Waals surface area contributed by atoms with Crippen LogP contribution in [0, 0.1) is 17.8 Å². The minimum Gasteiger partial charge on any atom is -0.368 e. The smallest absolute Gasteiger partial charge is 0.240 e. The van der Waals surface area contributed by atoms with E-state index >= 15 is 0 Å². The Hall–Kier alpha value is -2.80. The molecular formula is C18H15N3O. The fourth-order valence-corrected chi connectivity index (χ4v) is 2.74. The zero-order valence-electron chi connectivity index (χ0n) is 12.0. The molecule has 0 aliphatic carbocycles. The standard InChI is InChI=1S/C18H15N3O/c19-11-14-6-8-16-15(10-14)7-9-17(18(20)22)21(16)12-13-4-2-1-3-5-13/h1-6,8,10,17H,7,12H2,(H2,20,22). The second-order valence-corrected chi connectivity index (χ2v) is 5.25. The van der Waals surface area contributed by atoms with E-state index in [-0.39, 0.29) is 0 Å². The molecule has 4 nitrogen and oxygen atoms in total. The van der Waals surface area contributed by atoms with Crippen LogP contribution < -0.4 is 10.6 Å². The summed E-state index contributed by atoms with van der Waals surface area (Å²) in [6, 6.07) is 17.0. The van der Waals surface area contributed by atoms with Crippen LogP contribution in [0.5, 0.6) is 0 Å². The number of hydrogen-bond acceptors (Lipinski definition) is 3. The van der Waals surface area contributed by atoms with Gasteiger partial charge in [-0.05, 0) is 35.7 Å². The fraction of sp³-hybridized carbons (Fsp3) is 0.167. The highest BCUT2D eigenvalue weighted by atomic mass is 16.1. The summed E-state index contributed by atoms with van der Waals surface area (Å²) in [4.78, 5) is 13.7. The highest BCUT2D eigenvalue weighted by molar-refractivity contribution is 5.86. The summed E-state index contributed by atoms with van der Waals surface area (Å²) >= 11 is 0. The van der Waals surface area contributed by atoms with Crippen LogP contribution in [-0.2, 0) is 17.8 Å². The molecule has 0 saturated carbocycles. The Kier molecular flexibility index (Phi) is 3.80. The van der Waals surface area contributed by atoms with Crippen LogP contribution in [0.4, 0.5) is 5.69 Å². The Morgan fingerprint density at radius 3 is 2.77 bits per heavy atom. The number of primary amides is 1. The Bertz CT molecular complexity index is 734. The molecule has 2 aromatic rings. The Morgan fingerprint density at radius 2 is 2.09 bits per heavy atom. The van der Waals surface area contributed by atoms with Crippen molar-refractivity contribution in [3.63, 3.8) is 0 Å². The van der Waals surface area contributed by atoms with Crippen LogP contribution >= 0.6 is 0 Å². The average Bonchev–Trinajstić information content (AvgIpc) is 2.55. The van der Waals surface area contributed by atoms with Crippen LogP contribution in [0.2, 0.25) is 0 Å². The number of carbonyl (C=O) groups is 1. The van der Waals surface area contributed by atoms with Gasteiger partial charge in [0.25, 0.3) is 0 Å². The fourth-order valence-electron chi connectivity index (χ4n) is 2.74. The van der Waals surface area contributed by atoms with Gasteiger partial charge in [0.1, 0.15) is 6.04 Å². The summed E-state index contributed by atoms with van der Waals surface area (Å²) < 4.78 is 0. The Balaban J connectivity index is 2.00. The third kappa shape index (κ3) is 2.66. The average molecular weight is 289 g/mol. The van der Waals surface area contributed by atoms with Gasteiger partial charge in [-0.1, -0.05) is 30.3 Å². The summed E-state index contributed by atoms with van der Waals surface area (Å²) in [5.41, 5.74) is 9.16. The van der Waals surface area contributed by atoms with Crippen molar-refractivity contribution >= 4 is 11.6 Å². The number of hydrogen-bond donors (Lipinski definition) is 1. The lowest BCUT2D eigenvalue weighted by atomic mass is 9.93. The van der Waals surface area contributed by atoms with E-state index in [9.17, 15) is 4.79 Å². The highest BCUT2D eigenvalue weighted by Crippen LogP contribution is 2.32. The first kappa shape index (κ1) is 14.2. The second kappa shape index (κ2) is 5.90. The molecule has 2 N–H and O–H groups in total. The van der Waals surface area contributed by atoms with Gasteiger partial charge in [0.15, 0.2) is 0 Å². The quantitative estimate of drug-likeness (QED) is 0.940. The van der Waals surface area contributed by atoms with Crippen molar-refractivity contribution in [2.75, 3.05) is 4.90 Å². The number of rotatable bonds is 3. The van der Waals surface area contributed by atoms with Gasteiger partial charge in [-0.2, -0.15) is 5.26 Å². The molecule has 2 radical (unpaired) electrons. The molecule has 0 fully saturated rings. The van der Waals surface area contributed by atoms with E-state index in [0.29, 0.717) is 18.5 Å². The minimum atomic E-state index is -0.555. The van der Waals surface area contributed by atoms with Crippen LogP contribution in [0.15, 0.2) is 48.5 Å². The summed E-state index contributed by atoms with van der Waals surface area (Å²) in [7, 11) is 0. The van der Waals surface area contributed by atoms with E-state index in [1.54, 1.807) is 6.07 Å². The normalized spacial score (nSPS) is 16.7. The molecule has 0 aromatic heterocycles. The third-order valence-electron chi connectivity index (χ3n) is 3.78. The van der Waals surface area contributed by atoms with Gasteiger partial charge in [0, 0.05) is 18.7 Å². The highest BCUT2D eigenvalue weighted by Gasteiger charge is 2.30. The molecule has 0 spiro atoms. The molecule has 4 heteroatoms. The third-order valence-corrected chi connectivity index (χ3v) is 3.78. The van der Waals surface area contributed by atoms with Gasteiger partial charge in [-0.25, -0.2) is 0 Å². The van der Waals surface area contributed by atoms with E-state index in [1.165, 1.54) is 0 Å². The molecule has 1 aliphatic heterocycles. The molecule has 1 atom stereocenters. The summed E-state index contributed by atoms with van der Waals surface area (Å²) in [6.45, 7) is 0.570. The van der Waals surface area contributed by atoms with Crippen molar-refractivity contribution in [1.29, 1.82) is 5.26 Å². The molecule has 2 aromatic carbocycles. The number of amides is 1. The van der Waals surface area contributed by atoms with Crippen molar-refractivity contribution in [2.45, 2.75) is 19.0 Å². The molecule has 1 heterocycles. The molecule has 22 heavy (non-hydrogen) atoms. The van der Waals surface area contributed by atoms with E-state index < -0.39 is 11.9 Å². The summed E-state index contributed by atoms with van der Waals surface area (Å²) in [6.07, 6.45) is 3.66. The SMILES string of the molecule is N#Cc1ccc2c(c1)C[C]C(C(N)=O)N2Cc1ccccc1. The maximum Gasteiger partial charge on any atom is 0.240 e. The number of nitrogens with zero attached hydrogens (tertiary/aromatic N) is 2. The van der Waals surface area contributed by atoms with E-state index in [0.717, 1.165) is 16.8 Å². The number of carbonyl (C=O) groups excluding carboxylic acids is 1. The number of benzene rings is 2. The molecule has 108 valence electrons. The number of nitrogens with two attached hydrogens (primary N) is 1. The Morgan fingerprint density at radius 1 is 1.32 bits per heavy atom. The largest absolute Gasteiger partial charge is 0.368 e. The topological polar surface area (TPSA) is 70.1 Å². The summed E-state index contributed by atoms with van der Waals surface area (Å²) in [5, 5.41) is 9.02. The monoisotopic (exact) mass is 289 g/mol. The van der Waals surface area contributed by atoms with Crippen molar-refractivity contribution in [3.8, 4) is 6.07 Å². The van der Waals surface area contributed by atoms with Gasteiger partial charge < -0.3 is 10.6 Å². The molecule has 1 unspecified atom stereocenters. The lowest BCUT2D eigenvalue weighted by molar-refractivity contribution is -0.118. The maximum absolute atomic E-state index is 11.8. The van der Waals surface area contributed by atoms with Crippen molar-refractivity contribution in [3.05, 3.63) is 71.6 Å². The molecule has 1 amide bonds. The van der Waals surface area contributed by atoms with E-state index in [4.69, 9.17) is 11.0 Å². The molecule has 0 bridgehead atoms. The van der Waals surface area contributed by atoms with E-state index in [2.05, 4.69) is 12.5 Å². The first-order chi connectivity index (χ1) is 10.7. The maximum atomic E-state index is 11.8. The number of anilines is 1. The predicted octanol–water partition coefficient (Wildman–Crippen LogP) is 2.06. The first-order valence-corrected chi connectivity index (χ1v) is 7.05. The van der Waals surface area contributed by atoms with Gasteiger partial charge in [0.05, 0.1) is 11.6 Å². The summed E-state index contributed by atoms with van der Waals surface area (Å²) in [5.74, 6) is -0.411. The zero-order chi connectivity index (χ0) is 15.5. The molecule has 0 saturated heterocycles. The molecule has 3 rings (SSSR count). The zero-order valence-corrected chi connectivity index (χ0v) is 12.0. The van der Waals surface area contributed by atoms with Crippen LogP contribution in [0.3, 0.4) is 0 Å². The van der Waals surface area contributed by atoms with Crippen LogP contribution in [0.25, 0.3) is 0 Å². The first-order valence-electron chi connectivity index (χ1n) is 7.05. The van der Waals surface area contributed by atoms with Crippen molar-refractivity contribution in [1.82, 2.24) is 0 Å². The van der Waals surface area contributed by atoms with Gasteiger partial charge in [-0.15, -0.1) is 0 Å². The molecular weight excluding hydrogens is 274 g/mol. The Labute approximate surface area is 129 Å². The van der Waals surface area contributed by atoms with E-state index in [1.807, 2.05) is 47.4 Å². The second-order valence-electron chi connectivity index (χ2n) is 5.25. The van der Waals surface area contributed by atoms with Crippen LogP contribution in [-0.4, -0.2) is 11.9 Å². The van der Waals surface area contributed by atoms with Crippen LogP contribution in [0.1, 0.15) is 16.7 Å². The number of fused-ring (bicyclic) bond motifs is 1. The predicted molar refractivity (Wildman–Crippen MR) is 83.7 cm³/mol. The van der Waals surface area contributed by atoms with Gasteiger partial charge in [0.2, 0.25) is 5.91 Å². The lowest BCUT2D eigenvalue weighted by Crippen LogP contribution is -2.47.